The lowest BCUT2D eigenvalue weighted by Gasteiger charge is -2.25. The summed E-state index contributed by atoms with van der Waals surface area (Å²) in [6.07, 6.45) is 6.24. The van der Waals surface area contributed by atoms with E-state index in [2.05, 4.69) is 30.3 Å². The number of rotatable bonds is 13. The molecule has 0 spiro atoms. The lowest BCUT2D eigenvalue weighted by molar-refractivity contribution is -0.143. The molecule has 1 fully saturated rings. The van der Waals surface area contributed by atoms with Gasteiger partial charge in [0.25, 0.3) is 0 Å². The topological polar surface area (TPSA) is 71.1 Å². The highest BCUT2D eigenvalue weighted by atomic mass is 16.6. The van der Waals surface area contributed by atoms with Gasteiger partial charge in [0.2, 0.25) is 0 Å². The van der Waals surface area contributed by atoms with Crippen molar-refractivity contribution in [2.45, 2.75) is 64.3 Å². The van der Waals surface area contributed by atoms with Crippen LogP contribution in [0.25, 0.3) is 11.1 Å². The Kier molecular flexibility index (Phi) is 11.2. The van der Waals surface area contributed by atoms with Crippen LogP contribution in [0.5, 0.6) is 0 Å². The normalized spacial score (nSPS) is 21.4. The van der Waals surface area contributed by atoms with Gasteiger partial charge in [-0.05, 0) is 66.0 Å². The summed E-state index contributed by atoms with van der Waals surface area (Å²) in [5.74, 6) is -0.258. The molecule has 0 unspecified atom stereocenters. The third-order valence-corrected chi connectivity index (χ3v) is 8.39. The van der Waals surface area contributed by atoms with Gasteiger partial charge in [-0.1, -0.05) is 85.8 Å². The van der Waals surface area contributed by atoms with Crippen LogP contribution in [-0.2, 0) is 30.3 Å². The summed E-state index contributed by atoms with van der Waals surface area (Å²) in [6.45, 7) is 3.99. The lowest BCUT2D eigenvalue weighted by Crippen LogP contribution is -2.30. The van der Waals surface area contributed by atoms with Gasteiger partial charge >= 0.3 is 11.9 Å². The Morgan fingerprint density at radius 3 is 2.37 bits per heavy atom. The molecule has 0 aromatic heterocycles. The highest BCUT2D eigenvalue weighted by Crippen LogP contribution is 2.41. The zero-order valence-corrected chi connectivity index (χ0v) is 25.0. The van der Waals surface area contributed by atoms with Crippen LogP contribution >= 0.6 is 0 Å². The summed E-state index contributed by atoms with van der Waals surface area (Å²) < 4.78 is 24.0. The van der Waals surface area contributed by atoms with Crippen molar-refractivity contribution in [1.29, 1.82) is 0 Å². The van der Waals surface area contributed by atoms with Gasteiger partial charge in [0, 0.05) is 18.8 Å². The first-order chi connectivity index (χ1) is 21.1. The van der Waals surface area contributed by atoms with Crippen molar-refractivity contribution in [2.75, 3.05) is 19.8 Å². The maximum atomic E-state index is 13.3. The number of ether oxygens (including phenoxy) is 4. The van der Waals surface area contributed by atoms with E-state index >= 15 is 0 Å². The molecule has 0 radical (unpaired) electrons. The van der Waals surface area contributed by atoms with Gasteiger partial charge in [0.1, 0.15) is 6.10 Å². The molecule has 1 aliphatic heterocycles. The third-order valence-electron chi connectivity index (χ3n) is 8.39. The van der Waals surface area contributed by atoms with Gasteiger partial charge in [-0.2, -0.15) is 0 Å². The molecule has 6 heteroatoms. The van der Waals surface area contributed by atoms with E-state index in [4.69, 9.17) is 18.9 Å². The summed E-state index contributed by atoms with van der Waals surface area (Å²) in [5.41, 5.74) is 5.03. The summed E-state index contributed by atoms with van der Waals surface area (Å²) in [6, 6.07) is 27.8. The van der Waals surface area contributed by atoms with Crippen molar-refractivity contribution in [2.24, 2.45) is 11.8 Å². The molecule has 0 amide bonds. The molecule has 0 N–H and O–H groups in total. The zero-order valence-electron chi connectivity index (χ0n) is 25.0. The molecule has 6 nitrogen and oxygen atoms in total. The summed E-state index contributed by atoms with van der Waals surface area (Å²) >= 11 is 0. The fourth-order valence-corrected chi connectivity index (χ4v) is 6.03. The van der Waals surface area contributed by atoms with E-state index in [1.807, 2.05) is 67.6 Å². The summed E-state index contributed by atoms with van der Waals surface area (Å²) in [5, 5.41) is 0. The van der Waals surface area contributed by atoms with E-state index in [0.717, 1.165) is 42.4 Å². The molecule has 5 rings (SSSR count). The van der Waals surface area contributed by atoms with Crippen LogP contribution < -0.4 is 0 Å². The fraction of sp³-hybridized carbons (Fsp3) is 0.405. The van der Waals surface area contributed by atoms with Crippen LogP contribution in [0.15, 0.2) is 96.6 Å². The SMILES string of the molecule is CCCOC(=O)CCCC1=CC[C@@H]2[C@@H](COCc3ccccc3)[C@H](OC(=O)c3ccc(-c4ccccc4)cc3)C[C@@H]2OC1. The first-order valence-electron chi connectivity index (χ1n) is 15.5. The highest BCUT2D eigenvalue weighted by molar-refractivity contribution is 5.90. The average Bonchev–Trinajstić information content (AvgIpc) is 3.23. The molecule has 0 saturated heterocycles. The highest BCUT2D eigenvalue weighted by Gasteiger charge is 2.46. The number of carbonyl (C=O) groups excluding carboxylic acids is 2. The monoisotopic (exact) mass is 582 g/mol. The fourth-order valence-electron chi connectivity index (χ4n) is 6.03. The number of fused-ring (bicyclic) bond motifs is 1. The Hall–Kier alpha value is -3.74. The van der Waals surface area contributed by atoms with Crippen molar-refractivity contribution < 1.29 is 28.5 Å². The zero-order chi connectivity index (χ0) is 29.9. The molecule has 1 saturated carbocycles. The van der Waals surface area contributed by atoms with Crippen molar-refractivity contribution in [3.05, 3.63) is 108 Å². The maximum absolute atomic E-state index is 13.3. The van der Waals surface area contributed by atoms with Gasteiger partial charge in [-0.3, -0.25) is 4.79 Å². The molecule has 226 valence electrons. The van der Waals surface area contributed by atoms with Gasteiger partial charge < -0.3 is 18.9 Å². The predicted molar refractivity (Wildman–Crippen MR) is 166 cm³/mol. The minimum atomic E-state index is -0.319. The summed E-state index contributed by atoms with van der Waals surface area (Å²) in [4.78, 5) is 25.2. The molecule has 3 aromatic carbocycles. The first kappa shape index (κ1) is 30.7. The van der Waals surface area contributed by atoms with Gasteiger partial charge in [-0.25, -0.2) is 4.79 Å². The number of allylic oxidation sites excluding steroid dienone is 1. The van der Waals surface area contributed by atoms with Crippen LogP contribution in [0.4, 0.5) is 0 Å². The second-order valence-corrected chi connectivity index (χ2v) is 11.5. The average molecular weight is 583 g/mol. The Morgan fingerprint density at radius 1 is 0.907 bits per heavy atom. The molecule has 1 aliphatic carbocycles. The van der Waals surface area contributed by atoms with Crippen molar-refractivity contribution in [3.63, 3.8) is 0 Å². The van der Waals surface area contributed by atoms with E-state index in [0.29, 0.717) is 44.8 Å². The van der Waals surface area contributed by atoms with E-state index in [9.17, 15) is 9.59 Å². The molecule has 2 aliphatic rings. The molecular weight excluding hydrogens is 540 g/mol. The number of benzene rings is 3. The van der Waals surface area contributed by atoms with Crippen molar-refractivity contribution >= 4 is 11.9 Å². The van der Waals surface area contributed by atoms with Crippen LogP contribution in [-0.4, -0.2) is 44.0 Å². The molecule has 43 heavy (non-hydrogen) atoms. The quantitative estimate of drug-likeness (QED) is 0.153. The Bertz CT molecular complexity index is 1330. The van der Waals surface area contributed by atoms with E-state index < -0.39 is 0 Å². The first-order valence-corrected chi connectivity index (χ1v) is 15.5. The van der Waals surface area contributed by atoms with Gasteiger partial charge in [0.15, 0.2) is 0 Å². The third kappa shape index (κ3) is 8.65. The largest absolute Gasteiger partial charge is 0.466 e. The minimum absolute atomic E-state index is 0.0147. The van der Waals surface area contributed by atoms with E-state index in [1.165, 1.54) is 5.57 Å². The number of hydrogen-bond donors (Lipinski definition) is 0. The Labute approximate surface area is 255 Å². The van der Waals surface area contributed by atoms with Crippen LogP contribution in [0.1, 0.15) is 61.4 Å². The smallest absolute Gasteiger partial charge is 0.338 e. The van der Waals surface area contributed by atoms with Crippen LogP contribution in [0, 0.1) is 11.8 Å². The number of esters is 2. The predicted octanol–water partition coefficient (Wildman–Crippen LogP) is 7.57. The van der Waals surface area contributed by atoms with Crippen LogP contribution in [0.2, 0.25) is 0 Å². The standard InChI is InChI=1S/C37H42O6/c1-2-22-41-36(38)15-9-12-28-16-21-32-33(26-40-24-27-10-5-3-6-11-27)35(23-34(32)42-25-28)43-37(39)31-19-17-30(18-20-31)29-13-7-4-8-14-29/h3-8,10-11,13-14,16-20,32-35H,2,9,12,15,21-26H2,1H3/t32-,33-,34+,35-/m1/s1. The molecule has 0 bridgehead atoms. The number of carbonyl (C=O) groups is 2. The van der Waals surface area contributed by atoms with Gasteiger partial charge in [0.05, 0.1) is 38.1 Å². The lowest BCUT2D eigenvalue weighted by atomic mass is 9.90. The van der Waals surface area contributed by atoms with E-state index in [-0.39, 0.29) is 36.0 Å². The molecular formula is C37H42O6. The number of hydrogen-bond acceptors (Lipinski definition) is 6. The Morgan fingerprint density at radius 2 is 1.63 bits per heavy atom. The molecule has 4 atom stereocenters. The van der Waals surface area contributed by atoms with E-state index in [1.54, 1.807) is 0 Å². The Balaban J connectivity index is 1.22. The second-order valence-electron chi connectivity index (χ2n) is 11.5. The molecule has 3 aromatic rings. The molecule has 1 heterocycles. The van der Waals surface area contributed by atoms with Crippen LogP contribution in [0.3, 0.4) is 0 Å². The van der Waals surface area contributed by atoms with Crippen molar-refractivity contribution in [1.82, 2.24) is 0 Å². The van der Waals surface area contributed by atoms with Crippen molar-refractivity contribution in [3.8, 4) is 11.1 Å². The maximum Gasteiger partial charge on any atom is 0.338 e. The minimum Gasteiger partial charge on any atom is -0.466 e. The van der Waals surface area contributed by atoms with Gasteiger partial charge in [-0.15, -0.1) is 0 Å². The second kappa shape index (κ2) is 15.6. The summed E-state index contributed by atoms with van der Waals surface area (Å²) in [7, 11) is 0.